The fraction of sp³-hybridized carbons (Fsp3) is 0.235. The number of nitro groups is 1. The van der Waals surface area contributed by atoms with Crippen molar-refractivity contribution >= 4 is 11.6 Å². The third kappa shape index (κ3) is 3.85. The van der Waals surface area contributed by atoms with Gasteiger partial charge in [-0.1, -0.05) is 23.8 Å². The SMILES string of the molecule is COc1ccc(C)cc1CN(C)C(=O)c1cccc([N+](=O)[O-])c1. The quantitative estimate of drug-likeness (QED) is 0.627. The van der Waals surface area contributed by atoms with Gasteiger partial charge in [-0.2, -0.15) is 0 Å². The lowest BCUT2D eigenvalue weighted by Crippen LogP contribution is -2.26. The first-order valence-electron chi connectivity index (χ1n) is 7.06. The molecule has 0 bridgehead atoms. The Morgan fingerprint density at radius 1 is 1.26 bits per heavy atom. The molecule has 0 aliphatic carbocycles. The van der Waals surface area contributed by atoms with Gasteiger partial charge in [0.05, 0.1) is 12.0 Å². The minimum absolute atomic E-state index is 0.0996. The summed E-state index contributed by atoms with van der Waals surface area (Å²) >= 11 is 0. The number of hydrogen-bond donors (Lipinski definition) is 0. The van der Waals surface area contributed by atoms with Crippen LogP contribution in [0.1, 0.15) is 21.5 Å². The zero-order chi connectivity index (χ0) is 17.0. The van der Waals surface area contributed by atoms with Crippen LogP contribution < -0.4 is 4.74 Å². The molecule has 0 saturated carbocycles. The maximum atomic E-state index is 12.5. The summed E-state index contributed by atoms with van der Waals surface area (Å²) in [5.74, 6) is 0.423. The van der Waals surface area contributed by atoms with Gasteiger partial charge in [0.2, 0.25) is 0 Å². The molecule has 0 atom stereocenters. The van der Waals surface area contributed by atoms with Crippen molar-refractivity contribution in [2.24, 2.45) is 0 Å². The Bertz CT molecular complexity index is 743. The van der Waals surface area contributed by atoms with E-state index in [1.165, 1.54) is 23.1 Å². The molecule has 0 heterocycles. The topological polar surface area (TPSA) is 72.7 Å². The summed E-state index contributed by atoms with van der Waals surface area (Å²) in [6.45, 7) is 2.32. The fourth-order valence-corrected chi connectivity index (χ4v) is 2.33. The molecule has 0 unspecified atom stereocenters. The smallest absolute Gasteiger partial charge is 0.270 e. The van der Waals surface area contributed by atoms with Crippen molar-refractivity contribution in [2.75, 3.05) is 14.2 Å². The minimum Gasteiger partial charge on any atom is -0.496 e. The second kappa shape index (κ2) is 6.91. The van der Waals surface area contributed by atoms with Gasteiger partial charge in [0.1, 0.15) is 5.75 Å². The van der Waals surface area contributed by atoms with E-state index in [4.69, 9.17) is 4.74 Å². The van der Waals surface area contributed by atoms with Crippen LogP contribution in [0, 0.1) is 17.0 Å². The van der Waals surface area contributed by atoms with E-state index >= 15 is 0 Å². The summed E-state index contributed by atoms with van der Waals surface area (Å²) in [6, 6.07) is 11.5. The van der Waals surface area contributed by atoms with Crippen molar-refractivity contribution in [3.8, 4) is 5.75 Å². The van der Waals surface area contributed by atoms with Crippen molar-refractivity contribution < 1.29 is 14.5 Å². The van der Waals surface area contributed by atoms with Crippen LogP contribution in [0.15, 0.2) is 42.5 Å². The lowest BCUT2D eigenvalue weighted by molar-refractivity contribution is -0.384. The predicted molar refractivity (Wildman–Crippen MR) is 86.6 cm³/mol. The number of benzene rings is 2. The average molecular weight is 314 g/mol. The maximum absolute atomic E-state index is 12.5. The second-order valence-electron chi connectivity index (χ2n) is 5.28. The Hall–Kier alpha value is -2.89. The van der Waals surface area contributed by atoms with Gasteiger partial charge < -0.3 is 9.64 Å². The number of carbonyl (C=O) groups is 1. The lowest BCUT2D eigenvalue weighted by Gasteiger charge is -2.19. The molecule has 0 fully saturated rings. The average Bonchev–Trinajstić information content (AvgIpc) is 2.54. The van der Waals surface area contributed by atoms with Crippen LogP contribution >= 0.6 is 0 Å². The first-order chi connectivity index (χ1) is 10.9. The molecule has 0 aliphatic rings. The number of amides is 1. The highest BCUT2D eigenvalue weighted by molar-refractivity contribution is 5.94. The molecule has 2 rings (SSSR count). The number of non-ortho nitro benzene ring substituents is 1. The summed E-state index contributed by atoms with van der Waals surface area (Å²) in [5, 5.41) is 10.8. The third-order valence-electron chi connectivity index (χ3n) is 3.49. The molecule has 6 nitrogen and oxygen atoms in total. The summed E-state index contributed by atoms with van der Waals surface area (Å²) in [4.78, 5) is 24.3. The molecule has 23 heavy (non-hydrogen) atoms. The zero-order valence-electron chi connectivity index (χ0n) is 13.3. The Kier molecular flexibility index (Phi) is 4.95. The fourth-order valence-electron chi connectivity index (χ4n) is 2.33. The first kappa shape index (κ1) is 16.5. The van der Waals surface area contributed by atoms with Crippen LogP contribution in [-0.2, 0) is 6.54 Å². The normalized spacial score (nSPS) is 10.2. The molecule has 120 valence electrons. The van der Waals surface area contributed by atoms with E-state index in [2.05, 4.69) is 0 Å². The third-order valence-corrected chi connectivity index (χ3v) is 3.49. The van der Waals surface area contributed by atoms with E-state index in [0.717, 1.165) is 11.1 Å². The molecule has 0 N–H and O–H groups in total. The molecular weight excluding hydrogens is 296 g/mol. The number of methoxy groups -OCH3 is 1. The van der Waals surface area contributed by atoms with Crippen LogP contribution in [-0.4, -0.2) is 29.9 Å². The summed E-state index contributed by atoms with van der Waals surface area (Å²) < 4.78 is 5.31. The van der Waals surface area contributed by atoms with E-state index < -0.39 is 4.92 Å². The lowest BCUT2D eigenvalue weighted by atomic mass is 10.1. The van der Waals surface area contributed by atoms with Gasteiger partial charge in [0, 0.05) is 36.9 Å². The molecule has 2 aromatic carbocycles. The number of carbonyl (C=O) groups excluding carboxylic acids is 1. The number of nitro benzene ring substituents is 1. The number of nitrogens with zero attached hydrogens (tertiary/aromatic N) is 2. The molecule has 0 aromatic heterocycles. The molecule has 0 aliphatic heterocycles. The van der Waals surface area contributed by atoms with Crippen LogP contribution in [0.4, 0.5) is 5.69 Å². The molecule has 1 amide bonds. The summed E-state index contributed by atoms with van der Waals surface area (Å²) in [5.41, 5.74) is 2.14. The van der Waals surface area contributed by atoms with Gasteiger partial charge >= 0.3 is 0 Å². The summed E-state index contributed by atoms with van der Waals surface area (Å²) in [7, 11) is 3.24. The largest absolute Gasteiger partial charge is 0.496 e. The number of aryl methyl sites for hydroxylation is 1. The van der Waals surface area contributed by atoms with Gasteiger partial charge in [0.25, 0.3) is 11.6 Å². The van der Waals surface area contributed by atoms with Gasteiger partial charge in [-0.3, -0.25) is 14.9 Å². The molecule has 0 spiro atoms. The molecule has 6 heteroatoms. The number of rotatable bonds is 5. The standard InChI is InChI=1S/C17H18N2O4/c1-12-7-8-16(23-3)14(9-12)11-18(2)17(20)13-5-4-6-15(10-13)19(21)22/h4-10H,11H2,1-3H3. The van der Waals surface area contributed by atoms with E-state index in [9.17, 15) is 14.9 Å². The molecular formula is C17H18N2O4. The van der Waals surface area contributed by atoms with Gasteiger partial charge in [-0.15, -0.1) is 0 Å². The van der Waals surface area contributed by atoms with Gasteiger partial charge in [0.15, 0.2) is 0 Å². The Morgan fingerprint density at radius 2 is 2.00 bits per heavy atom. The van der Waals surface area contributed by atoms with Gasteiger partial charge in [-0.25, -0.2) is 0 Å². The van der Waals surface area contributed by atoms with E-state index in [1.807, 2.05) is 25.1 Å². The monoisotopic (exact) mass is 314 g/mol. The minimum atomic E-state index is -0.514. The Morgan fingerprint density at radius 3 is 2.65 bits per heavy atom. The van der Waals surface area contributed by atoms with Crippen LogP contribution in [0.5, 0.6) is 5.75 Å². The predicted octanol–water partition coefficient (Wildman–Crippen LogP) is 3.18. The van der Waals surface area contributed by atoms with Crippen LogP contribution in [0.2, 0.25) is 0 Å². The highest BCUT2D eigenvalue weighted by Crippen LogP contribution is 2.22. The summed E-state index contributed by atoms with van der Waals surface area (Å²) in [6.07, 6.45) is 0. The molecule has 0 saturated heterocycles. The van der Waals surface area contributed by atoms with Crippen molar-refractivity contribution in [1.82, 2.24) is 4.90 Å². The zero-order valence-corrected chi connectivity index (χ0v) is 13.3. The van der Waals surface area contributed by atoms with Crippen LogP contribution in [0.25, 0.3) is 0 Å². The van der Waals surface area contributed by atoms with Crippen molar-refractivity contribution in [1.29, 1.82) is 0 Å². The van der Waals surface area contributed by atoms with Crippen molar-refractivity contribution in [3.05, 3.63) is 69.3 Å². The highest BCUT2D eigenvalue weighted by atomic mass is 16.6. The van der Waals surface area contributed by atoms with Gasteiger partial charge in [-0.05, 0) is 19.1 Å². The van der Waals surface area contributed by atoms with Crippen molar-refractivity contribution in [2.45, 2.75) is 13.5 Å². The highest BCUT2D eigenvalue weighted by Gasteiger charge is 2.17. The first-order valence-corrected chi connectivity index (χ1v) is 7.06. The maximum Gasteiger partial charge on any atom is 0.270 e. The molecule has 0 radical (unpaired) electrons. The number of hydrogen-bond acceptors (Lipinski definition) is 4. The molecule has 2 aromatic rings. The number of ether oxygens (including phenoxy) is 1. The van der Waals surface area contributed by atoms with E-state index in [0.29, 0.717) is 12.3 Å². The van der Waals surface area contributed by atoms with E-state index in [-0.39, 0.29) is 17.2 Å². The second-order valence-corrected chi connectivity index (χ2v) is 5.28. The van der Waals surface area contributed by atoms with Crippen LogP contribution in [0.3, 0.4) is 0 Å². The Labute approximate surface area is 134 Å². The van der Waals surface area contributed by atoms with E-state index in [1.54, 1.807) is 20.2 Å². The van der Waals surface area contributed by atoms with Crippen molar-refractivity contribution in [3.63, 3.8) is 0 Å². The Balaban J connectivity index is 2.22.